The van der Waals surface area contributed by atoms with Crippen molar-refractivity contribution in [2.75, 3.05) is 13.2 Å². The topological polar surface area (TPSA) is 97.4 Å². The zero-order chi connectivity index (χ0) is 22.3. The van der Waals surface area contributed by atoms with Crippen LogP contribution in [0.15, 0.2) is 41.8 Å². The van der Waals surface area contributed by atoms with E-state index in [9.17, 15) is 14.4 Å². The number of para-hydroxylation sites is 1. The van der Waals surface area contributed by atoms with Gasteiger partial charge in [0.2, 0.25) is 0 Å². The largest absolute Gasteiger partial charge is 0.455 e. The fraction of sp³-hybridized carbons (Fsp3) is 0.391. The highest BCUT2D eigenvalue weighted by Crippen LogP contribution is 2.41. The number of urea groups is 1. The second-order valence-corrected chi connectivity index (χ2v) is 9.85. The van der Waals surface area contributed by atoms with Crippen LogP contribution in [0.1, 0.15) is 41.5 Å². The SMILES string of the molecule is O=C(COC(=O)C1CCCCC1c1nc2ccccc2s1)NC(=O)NCCc1cccs1. The summed E-state index contributed by atoms with van der Waals surface area (Å²) in [5, 5.41) is 7.76. The maximum Gasteiger partial charge on any atom is 0.321 e. The number of aromatic nitrogens is 1. The average Bonchev–Trinajstić information content (AvgIpc) is 3.47. The smallest absolute Gasteiger partial charge is 0.321 e. The molecule has 1 aliphatic rings. The number of thiazole rings is 1. The predicted molar refractivity (Wildman–Crippen MR) is 125 cm³/mol. The number of ether oxygens (including phenoxy) is 1. The zero-order valence-corrected chi connectivity index (χ0v) is 19.2. The van der Waals surface area contributed by atoms with Gasteiger partial charge in [-0.1, -0.05) is 31.0 Å². The number of fused-ring (bicyclic) bond motifs is 1. The van der Waals surface area contributed by atoms with E-state index in [1.54, 1.807) is 22.7 Å². The minimum absolute atomic E-state index is 0.00254. The van der Waals surface area contributed by atoms with Gasteiger partial charge in [-0.2, -0.15) is 0 Å². The number of rotatable bonds is 7. The van der Waals surface area contributed by atoms with E-state index in [1.807, 2.05) is 41.8 Å². The Morgan fingerprint density at radius 1 is 1.09 bits per heavy atom. The first-order chi connectivity index (χ1) is 15.6. The van der Waals surface area contributed by atoms with Gasteiger partial charge in [0.1, 0.15) is 0 Å². The Morgan fingerprint density at radius 2 is 1.94 bits per heavy atom. The van der Waals surface area contributed by atoms with E-state index >= 15 is 0 Å². The number of benzene rings is 1. The summed E-state index contributed by atoms with van der Waals surface area (Å²) >= 11 is 3.23. The molecule has 0 spiro atoms. The normalized spacial score (nSPS) is 18.2. The molecule has 1 fully saturated rings. The van der Waals surface area contributed by atoms with Crippen LogP contribution in [0.2, 0.25) is 0 Å². The van der Waals surface area contributed by atoms with Crippen molar-refractivity contribution in [1.29, 1.82) is 0 Å². The summed E-state index contributed by atoms with van der Waals surface area (Å²) in [5.41, 5.74) is 0.939. The molecule has 2 N–H and O–H groups in total. The van der Waals surface area contributed by atoms with Gasteiger partial charge in [-0.25, -0.2) is 9.78 Å². The van der Waals surface area contributed by atoms with Gasteiger partial charge in [-0.05, 0) is 42.8 Å². The molecule has 4 rings (SSSR count). The molecule has 3 aromatic rings. The van der Waals surface area contributed by atoms with Crippen molar-refractivity contribution in [2.45, 2.75) is 38.0 Å². The fourth-order valence-electron chi connectivity index (χ4n) is 3.96. The first-order valence-corrected chi connectivity index (χ1v) is 12.4. The quantitative estimate of drug-likeness (QED) is 0.502. The van der Waals surface area contributed by atoms with Crippen LogP contribution < -0.4 is 10.6 Å². The highest BCUT2D eigenvalue weighted by Gasteiger charge is 2.35. The highest BCUT2D eigenvalue weighted by atomic mass is 32.1. The molecule has 7 nitrogen and oxygen atoms in total. The number of carbonyl (C=O) groups is 3. The Hall–Kier alpha value is -2.78. The van der Waals surface area contributed by atoms with Gasteiger partial charge in [0, 0.05) is 17.3 Å². The fourth-order valence-corrected chi connectivity index (χ4v) is 5.84. The van der Waals surface area contributed by atoms with Gasteiger partial charge < -0.3 is 10.1 Å². The van der Waals surface area contributed by atoms with Crippen LogP contribution in [0, 0.1) is 5.92 Å². The molecule has 1 saturated carbocycles. The molecule has 0 bridgehead atoms. The number of carbonyl (C=O) groups excluding carboxylic acids is 3. The molecule has 168 valence electrons. The second-order valence-electron chi connectivity index (χ2n) is 7.76. The summed E-state index contributed by atoms with van der Waals surface area (Å²) in [5.74, 6) is -1.37. The van der Waals surface area contributed by atoms with Gasteiger partial charge in [-0.15, -0.1) is 22.7 Å². The van der Waals surface area contributed by atoms with E-state index in [2.05, 4.69) is 10.6 Å². The average molecular weight is 472 g/mol. The molecular weight excluding hydrogens is 446 g/mol. The van der Waals surface area contributed by atoms with Crippen molar-refractivity contribution < 1.29 is 19.1 Å². The van der Waals surface area contributed by atoms with Crippen LogP contribution in [0.3, 0.4) is 0 Å². The summed E-state index contributed by atoms with van der Waals surface area (Å²) in [6.07, 6.45) is 4.27. The van der Waals surface area contributed by atoms with Crippen molar-refractivity contribution in [3.8, 4) is 0 Å². The number of esters is 1. The standard InChI is InChI=1S/C23H25N3O4S2/c27-20(26-23(29)24-12-11-15-6-5-13-31-15)14-30-22(28)17-8-2-1-7-16(17)21-25-18-9-3-4-10-19(18)32-21/h3-6,9-10,13,16-17H,1-2,7-8,11-12,14H2,(H2,24,26,27,29). The van der Waals surface area contributed by atoms with E-state index in [4.69, 9.17) is 9.72 Å². The molecule has 32 heavy (non-hydrogen) atoms. The molecule has 3 amide bonds. The first kappa shape index (κ1) is 22.4. The summed E-state index contributed by atoms with van der Waals surface area (Å²) in [7, 11) is 0. The van der Waals surface area contributed by atoms with Crippen LogP contribution in [-0.2, 0) is 20.7 Å². The van der Waals surface area contributed by atoms with E-state index in [0.29, 0.717) is 19.4 Å². The van der Waals surface area contributed by atoms with Crippen molar-refractivity contribution in [3.05, 3.63) is 51.7 Å². The molecule has 2 heterocycles. The van der Waals surface area contributed by atoms with E-state index < -0.39 is 24.5 Å². The van der Waals surface area contributed by atoms with Crippen molar-refractivity contribution >= 4 is 50.8 Å². The molecule has 1 aliphatic carbocycles. The van der Waals surface area contributed by atoms with Crippen LogP contribution in [0.5, 0.6) is 0 Å². The molecule has 9 heteroatoms. The Morgan fingerprint density at radius 3 is 2.75 bits per heavy atom. The lowest BCUT2D eigenvalue weighted by Crippen LogP contribution is -2.42. The number of amides is 3. The van der Waals surface area contributed by atoms with E-state index in [-0.39, 0.29) is 11.8 Å². The van der Waals surface area contributed by atoms with Crippen LogP contribution in [0.25, 0.3) is 10.2 Å². The lowest BCUT2D eigenvalue weighted by atomic mass is 9.79. The number of nitrogens with one attached hydrogen (secondary N) is 2. The van der Waals surface area contributed by atoms with Crippen LogP contribution in [-0.4, -0.2) is 36.0 Å². The molecule has 0 saturated heterocycles. The third-order valence-corrected chi connectivity index (χ3v) is 7.64. The lowest BCUT2D eigenvalue weighted by molar-refractivity contribution is -0.154. The van der Waals surface area contributed by atoms with Crippen LogP contribution >= 0.6 is 22.7 Å². The predicted octanol–water partition coefficient (Wildman–Crippen LogP) is 4.24. The molecule has 1 aromatic carbocycles. The molecule has 0 aliphatic heterocycles. The zero-order valence-electron chi connectivity index (χ0n) is 17.5. The Labute approximate surface area is 194 Å². The third-order valence-electron chi connectivity index (χ3n) is 5.53. The maximum absolute atomic E-state index is 12.8. The molecule has 2 aromatic heterocycles. The lowest BCUT2D eigenvalue weighted by Gasteiger charge is -2.28. The second kappa shape index (κ2) is 10.7. The number of hydrogen-bond donors (Lipinski definition) is 2. The summed E-state index contributed by atoms with van der Waals surface area (Å²) in [6.45, 7) is -0.0500. The Bertz CT molecular complexity index is 1050. The summed E-state index contributed by atoms with van der Waals surface area (Å²) in [4.78, 5) is 42.6. The molecule has 2 unspecified atom stereocenters. The minimum atomic E-state index is -0.640. The number of nitrogens with zero attached hydrogens (tertiary/aromatic N) is 1. The Balaban J connectivity index is 1.26. The van der Waals surface area contributed by atoms with Gasteiger partial charge in [0.05, 0.1) is 21.1 Å². The summed E-state index contributed by atoms with van der Waals surface area (Å²) in [6, 6.07) is 11.3. The van der Waals surface area contributed by atoms with Crippen molar-refractivity contribution in [2.24, 2.45) is 5.92 Å². The minimum Gasteiger partial charge on any atom is -0.455 e. The number of imide groups is 1. The van der Waals surface area contributed by atoms with Gasteiger partial charge in [0.25, 0.3) is 5.91 Å². The molecular formula is C23H25N3O4S2. The first-order valence-electron chi connectivity index (χ1n) is 10.7. The third kappa shape index (κ3) is 5.72. The van der Waals surface area contributed by atoms with Gasteiger partial charge in [-0.3, -0.25) is 14.9 Å². The maximum atomic E-state index is 12.8. The number of thiophene rings is 1. The van der Waals surface area contributed by atoms with Crippen LogP contribution in [0.4, 0.5) is 4.79 Å². The monoisotopic (exact) mass is 471 g/mol. The molecule has 0 radical (unpaired) electrons. The van der Waals surface area contributed by atoms with Gasteiger partial charge in [0.15, 0.2) is 6.61 Å². The summed E-state index contributed by atoms with van der Waals surface area (Å²) < 4.78 is 6.38. The highest BCUT2D eigenvalue weighted by molar-refractivity contribution is 7.18. The molecule has 2 atom stereocenters. The number of hydrogen-bond acceptors (Lipinski definition) is 7. The van der Waals surface area contributed by atoms with Gasteiger partial charge >= 0.3 is 12.0 Å². The van der Waals surface area contributed by atoms with Crippen molar-refractivity contribution in [1.82, 2.24) is 15.6 Å². The van der Waals surface area contributed by atoms with E-state index in [0.717, 1.165) is 39.4 Å². The Kier molecular flexibility index (Phi) is 7.49. The van der Waals surface area contributed by atoms with E-state index in [1.165, 1.54) is 0 Å². The van der Waals surface area contributed by atoms with Crippen molar-refractivity contribution in [3.63, 3.8) is 0 Å².